The number of halogens is 3. The van der Waals surface area contributed by atoms with E-state index in [0.717, 1.165) is 51.1 Å². The Bertz CT molecular complexity index is 1620. The van der Waals surface area contributed by atoms with E-state index in [9.17, 15) is 18.0 Å². The largest absolute Gasteiger partial charge is 0.457 e. The minimum absolute atomic E-state index is 0.172. The smallest absolute Gasteiger partial charge is 0.416 e. The number of aromatic nitrogens is 3. The van der Waals surface area contributed by atoms with E-state index in [1.165, 1.54) is 6.07 Å². The normalized spacial score (nSPS) is 16.5. The van der Waals surface area contributed by atoms with E-state index in [4.69, 9.17) is 4.74 Å². The summed E-state index contributed by atoms with van der Waals surface area (Å²) >= 11 is 0. The number of Topliss-reactive ketones (excluding diaryl/α,β-unsaturated/α-hetero) is 1. The molecule has 11 heteroatoms. The molecule has 1 saturated carbocycles. The molecule has 2 fully saturated rings. The number of hydrogen-bond donors (Lipinski definition) is 1. The highest BCUT2D eigenvalue weighted by Crippen LogP contribution is 2.36. The molecule has 0 amide bonds. The standard InChI is InChI=1S/C32H35F3N6O2/c1-3-40-12-14-41(15-13-40)20-22-6-7-23(17-27(22)32(33,34)35)37-31-38-28-9-8-25(19-29(28)39(31)2)43-26-10-11-36-24(16-26)18-30(42)21-4-5-21/h6-11,16-17,19,21H,3-5,12-15,18,20H2,1-2H3,(H,37,38). The van der Waals surface area contributed by atoms with E-state index in [0.29, 0.717) is 40.8 Å². The van der Waals surface area contributed by atoms with Gasteiger partial charge in [0.25, 0.3) is 0 Å². The molecule has 0 bridgehead atoms. The van der Waals surface area contributed by atoms with Crippen LogP contribution in [0.1, 0.15) is 36.6 Å². The molecular weight excluding hydrogens is 557 g/mol. The molecule has 0 radical (unpaired) electrons. The number of hydrogen-bond acceptors (Lipinski definition) is 7. The lowest BCUT2D eigenvalue weighted by atomic mass is 10.0. The van der Waals surface area contributed by atoms with E-state index in [-0.39, 0.29) is 23.8 Å². The predicted molar refractivity (Wildman–Crippen MR) is 159 cm³/mol. The number of carbonyl (C=O) groups excluding carboxylic acids is 1. The molecule has 1 aliphatic heterocycles. The highest BCUT2D eigenvalue weighted by Gasteiger charge is 2.34. The zero-order valence-electron chi connectivity index (χ0n) is 24.3. The van der Waals surface area contributed by atoms with Crippen molar-refractivity contribution in [2.45, 2.75) is 38.9 Å². The van der Waals surface area contributed by atoms with Crippen LogP contribution in [0.2, 0.25) is 0 Å². The molecule has 1 N–H and O–H groups in total. The van der Waals surface area contributed by atoms with Crippen molar-refractivity contribution in [1.82, 2.24) is 24.3 Å². The molecule has 3 heterocycles. The van der Waals surface area contributed by atoms with Gasteiger partial charge in [0, 0.05) is 76.1 Å². The number of alkyl halides is 3. The predicted octanol–water partition coefficient (Wildman–Crippen LogP) is 6.18. The number of piperazine rings is 1. The summed E-state index contributed by atoms with van der Waals surface area (Å²) in [6.07, 6.45) is -0.632. The average molecular weight is 593 g/mol. The summed E-state index contributed by atoms with van der Waals surface area (Å²) in [5, 5.41) is 3.08. The minimum Gasteiger partial charge on any atom is -0.457 e. The number of nitrogens with zero attached hydrogens (tertiary/aromatic N) is 5. The monoisotopic (exact) mass is 592 g/mol. The second-order valence-electron chi connectivity index (χ2n) is 11.4. The van der Waals surface area contributed by atoms with Gasteiger partial charge in [-0.05, 0) is 55.3 Å². The summed E-state index contributed by atoms with van der Waals surface area (Å²) in [6, 6.07) is 13.3. The Labute approximate surface area is 248 Å². The molecule has 8 nitrogen and oxygen atoms in total. The molecule has 2 aromatic carbocycles. The zero-order chi connectivity index (χ0) is 30.1. The van der Waals surface area contributed by atoms with Crippen LogP contribution in [0.25, 0.3) is 11.0 Å². The molecule has 2 aliphatic rings. The Kier molecular flexibility index (Phi) is 8.11. The van der Waals surface area contributed by atoms with Gasteiger partial charge in [-0.2, -0.15) is 13.2 Å². The van der Waals surface area contributed by atoms with Crippen LogP contribution in [0, 0.1) is 5.92 Å². The van der Waals surface area contributed by atoms with Gasteiger partial charge in [0.1, 0.15) is 17.3 Å². The summed E-state index contributed by atoms with van der Waals surface area (Å²) in [5.74, 6) is 1.93. The van der Waals surface area contributed by atoms with Crippen LogP contribution in [0.3, 0.4) is 0 Å². The first-order chi connectivity index (χ1) is 20.7. The fourth-order valence-corrected chi connectivity index (χ4v) is 5.51. The molecule has 0 spiro atoms. The van der Waals surface area contributed by atoms with Crippen molar-refractivity contribution in [3.63, 3.8) is 0 Å². The fourth-order valence-electron chi connectivity index (χ4n) is 5.51. The summed E-state index contributed by atoms with van der Waals surface area (Å²) < 4.78 is 50.2. The maximum Gasteiger partial charge on any atom is 0.416 e. The lowest BCUT2D eigenvalue weighted by Crippen LogP contribution is -2.45. The van der Waals surface area contributed by atoms with Crippen molar-refractivity contribution in [3.05, 3.63) is 71.5 Å². The topological polar surface area (TPSA) is 75.5 Å². The number of anilines is 2. The summed E-state index contributed by atoms with van der Waals surface area (Å²) in [4.78, 5) is 25.5. The Morgan fingerprint density at radius 1 is 1.00 bits per heavy atom. The summed E-state index contributed by atoms with van der Waals surface area (Å²) in [7, 11) is 1.80. The number of aryl methyl sites for hydroxylation is 1. The molecule has 6 rings (SSSR count). The van der Waals surface area contributed by atoms with Gasteiger partial charge in [0.05, 0.1) is 22.3 Å². The van der Waals surface area contributed by atoms with Crippen molar-refractivity contribution in [3.8, 4) is 11.5 Å². The summed E-state index contributed by atoms with van der Waals surface area (Å²) in [5.41, 5.74) is 2.03. The first-order valence-corrected chi connectivity index (χ1v) is 14.7. The molecule has 4 aromatic rings. The minimum atomic E-state index is -4.48. The second kappa shape index (κ2) is 12.0. The first kappa shape index (κ1) is 29.1. The van der Waals surface area contributed by atoms with E-state index < -0.39 is 11.7 Å². The van der Waals surface area contributed by atoms with Crippen molar-refractivity contribution in [1.29, 1.82) is 0 Å². The van der Waals surface area contributed by atoms with Crippen LogP contribution in [0.15, 0.2) is 54.7 Å². The Morgan fingerprint density at radius 3 is 2.47 bits per heavy atom. The number of ketones is 1. The molecule has 43 heavy (non-hydrogen) atoms. The van der Waals surface area contributed by atoms with Crippen LogP contribution in [-0.4, -0.2) is 62.8 Å². The van der Waals surface area contributed by atoms with Gasteiger partial charge in [-0.25, -0.2) is 4.98 Å². The molecule has 0 atom stereocenters. The Balaban J connectivity index is 1.18. The van der Waals surface area contributed by atoms with Gasteiger partial charge < -0.3 is 19.5 Å². The maximum absolute atomic E-state index is 14.1. The van der Waals surface area contributed by atoms with Crippen LogP contribution in [0.5, 0.6) is 11.5 Å². The first-order valence-electron chi connectivity index (χ1n) is 14.7. The second-order valence-corrected chi connectivity index (χ2v) is 11.4. The highest BCUT2D eigenvalue weighted by atomic mass is 19.4. The highest BCUT2D eigenvalue weighted by molar-refractivity contribution is 5.85. The molecule has 2 aromatic heterocycles. The zero-order valence-corrected chi connectivity index (χ0v) is 24.3. The number of rotatable bonds is 10. The third kappa shape index (κ3) is 6.83. The molecule has 226 valence electrons. The van der Waals surface area contributed by atoms with Crippen molar-refractivity contribution in [2.24, 2.45) is 13.0 Å². The fraction of sp³-hybridized carbons (Fsp3) is 0.406. The lowest BCUT2D eigenvalue weighted by molar-refractivity contribution is -0.138. The number of imidazole rings is 1. The van der Waals surface area contributed by atoms with Gasteiger partial charge in [-0.3, -0.25) is 14.7 Å². The van der Waals surface area contributed by atoms with Gasteiger partial charge in [-0.1, -0.05) is 13.0 Å². The number of fused-ring (bicyclic) bond motifs is 1. The van der Waals surface area contributed by atoms with Crippen LogP contribution < -0.4 is 10.1 Å². The SMILES string of the molecule is CCN1CCN(Cc2ccc(Nc3nc4ccc(Oc5ccnc(CC(=O)C6CC6)c5)cc4n3C)cc2C(F)(F)F)CC1. The van der Waals surface area contributed by atoms with Crippen LogP contribution in [-0.2, 0) is 31.0 Å². The number of nitrogens with one attached hydrogen (secondary N) is 1. The van der Waals surface area contributed by atoms with E-state index in [1.807, 2.05) is 6.07 Å². The van der Waals surface area contributed by atoms with Crippen LogP contribution in [0.4, 0.5) is 24.8 Å². The van der Waals surface area contributed by atoms with Crippen molar-refractivity contribution < 1.29 is 22.7 Å². The Morgan fingerprint density at radius 2 is 1.74 bits per heavy atom. The third-order valence-electron chi connectivity index (χ3n) is 8.24. The van der Waals surface area contributed by atoms with E-state index >= 15 is 0 Å². The van der Waals surface area contributed by atoms with Gasteiger partial charge in [-0.15, -0.1) is 0 Å². The van der Waals surface area contributed by atoms with Gasteiger partial charge in [0.15, 0.2) is 0 Å². The number of pyridine rings is 1. The third-order valence-corrected chi connectivity index (χ3v) is 8.24. The van der Waals surface area contributed by atoms with E-state index in [1.54, 1.807) is 54.2 Å². The lowest BCUT2D eigenvalue weighted by Gasteiger charge is -2.34. The molecule has 1 saturated heterocycles. The number of likely N-dealkylation sites (N-methyl/N-ethyl adjacent to an activating group) is 1. The average Bonchev–Trinajstić information content (AvgIpc) is 3.80. The van der Waals surface area contributed by atoms with Crippen molar-refractivity contribution in [2.75, 3.05) is 38.0 Å². The van der Waals surface area contributed by atoms with Gasteiger partial charge >= 0.3 is 6.18 Å². The molecule has 1 aliphatic carbocycles. The molecular formula is C32H35F3N6O2. The van der Waals surface area contributed by atoms with E-state index in [2.05, 4.69) is 32.0 Å². The Hall–Kier alpha value is -3.96. The van der Waals surface area contributed by atoms with Gasteiger partial charge in [0.2, 0.25) is 5.95 Å². The summed E-state index contributed by atoms with van der Waals surface area (Å²) in [6.45, 7) is 6.53. The number of ether oxygens (including phenoxy) is 1. The van der Waals surface area contributed by atoms with Crippen molar-refractivity contribution >= 4 is 28.5 Å². The quantitative estimate of drug-likeness (QED) is 0.236. The molecule has 0 unspecified atom stereocenters. The number of carbonyl (C=O) groups is 1. The van der Waals surface area contributed by atoms with Crippen LogP contribution >= 0.6 is 0 Å². The number of benzene rings is 2. The maximum atomic E-state index is 14.1.